The number of amides is 1. The molecule has 0 heterocycles. The fraction of sp³-hybridized carbons (Fsp3) is 0.188. The van der Waals surface area contributed by atoms with Crippen LogP contribution in [0.4, 0.5) is 5.69 Å². The minimum atomic E-state index is -3.49. The number of anilines is 1. The average Bonchev–Trinajstić information content (AvgIpc) is 3.33. The van der Waals surface area contributed by atoms with Crippen molar-refractivity contribution in [1.29, 1.82) is 0 Å². The molecule has 5 nitrogen and oxygen atoms in total. The van der Waals surface area contributed by atoms with Crippen LogP contribution in [0.3, 0.4) is 0 Å². The van der Waals surface area contributed by atoms with Crippen LogP contribution in [0.25, 0.3) is 0 Å². The molecule has 0 aromatic heterocycles. The Hall–Kier alpha value is -1.70. The molecule has 1 aliphatic carbocycles. The van der Waals surface area contributed by atoms with Gasteiger partial charge in [0.2, 0.25) is 10.0 Å². The Balaban J connectivity index is 1.71. The molecule has 23 heavy (non-hydrogen) atoms. The molecule has 0 atom stereocenters. The van der Waals surface area contributed by atoms with Crippen LogP contribution in [0.15, 0.2) is 57.9 Å². The molecular formula is C16H15BrN2O3S. The van der Waals surface area contributed by atoms with Crippen LogP contribution >= 0.6 is 15.9 Å². The highest BCUT2D eigenvalue weighted by Gasteiger charge is 2.27. The van der Waals surface area contributed by atoms with E-state index in [1.165, 1.54) is 24.3 Å². The number of carbonyl (C=O) groups is 1. The number of hydrogen-bond donors (Lipinski definition) is 2. The topological polar surface area (TPSA) is 75.3 Å². The van der Waals surface area contributed by atoms with Crippen LogP contribution in [0.2, 0.25) is 0 Å². The predicted octanol–water partition coefficient (Wildman–Crippen LogP) is 3.14. The summed E-state index contributed by atoms with van der Waals surface area (Å²) in [7, 11) is -3.49. The van der Waals surface area contributed by atoms with Gasteiger partial charge in [-0.1, -0.05) is 15.9 Å². The van der Waals surface area contributed by atoms with Crippen molar-refractivity contribution < 1.29 is 13.2 Å². The Morgan fingerprint density at radius 3 is 2.17 bits per heavy atom. The molecule has 0 bridgehead atoms. The van der Waals surface area contributed by atoms with Crippen LogP contribution in [-0.2, 0) is 10.0 Å². The van der Waals surface area contributed by atoms with Crippen molar-refractivity contribution in [2.75, 3.05) is 5.32 Å². The Bertz CT molecular complexity index is 813. The Kier molecular flexibility index (Phi) is 4.52. The van der Waals surface area contributed by atoms with E-state index in [0.29, 0.717) is 11.3 Å². The van der Waals surface area contributed by atoms with E-state index in [1.807, 2.05) is 12.1 Å². The molecule has 0 spiro atoms. The first-order chi connectivity index (χ1) is 10.9. The molecule has 0 radical (unpaired) electrons. The van der Waals surface area contributed by atoms with Gasteiger partial charge in [0.25, 0.3) is 5.91 Å². The van der Waals surface area contributed by atoms with Crippen LogP contribution in [0.1, 0.15) is 23.2 Å². The molecule has 1 saturated carbocycles. The van der Waals surface area contributed by atoms with E-state index in [2.05, 4.69) is 26.0 Å². The average molecular weight is 395 g/mol. The molecule has 2 N–H and O–H groups in total. The van der Waals surface area contributed by atoms with Crippen molar-refractivity contribution in [2.24, 2.45) is 0 Å². The maximum absolute atomic E-state index is 12.2. The Morgan fingerprint density at radius 1 is 1.00 bits per heavy atom. The van der Waals surface area contributed by atoms with Gasteiger partial charge in [-0.25, -0.2) is 13.1 Å². The number of rotatable bonds is 5. The smallest absolute Gasteiger partial charge is 0.255 e. The van der Waals surface area contributed by atoms with Crippen molar-refractivity contribution in [3.8, 4) is 0 Å². The van der Waals surface area contributed by atoms with E-state index in [4.69, 9.17) is 0 Å². The maximum atomic E-state index is 12.2. The maximum Gasteiger partial charge on any atom is 0.255 e. The van der Waals surface area contributed by atoms with Gasteiger partial charge in [-0.3, -0.25) is 4.79 Å². The molecular weight excluding hydrogens is 380 g/mol. The highest BCUT2D eigenvalue weighted by molar-refractivity contribution is 9.10. The van der Waals surface area contributed by atoms with Gasteiger partial charge in [0, 0.05) is 21.8 Å². The zero-order valence-corrected chi connectivity index (χ0v) is 14.5. The van der Waals surface area contributed by atoms with Crippen molar-refractivity contribution in [3.05, 3.63) is 58.6 Å². The summed E-state index contributed by atoms with van der Waals surface area (Å²) in [5.41, 5.74) is 1.07. The lowest BCUT2D eigenvalue weighted by Crippen LogP contribution is -2.25. The third-order valence-corrected chi connectivity index (χ3v) is 5.49. The van der Waals surface area contributed by atoms with Crippen LogP contribution in [0, 0.1) is 0 Å². The lowest BCUT2D eigenvalue weighted by molar-refractivity contribution is 0.102. The molecule has 1 amide bonds. The van der Waals surface area contributed by atoms with E-state index in [0.717, 1.165) is 17.3 Å². The molecule has 0 saturated heterocycles. The van der Waals surface area contributed by atoms with Crippen molar-refractivity contribution in [2.45, 2.75) is 23.8 Å². The highest BCUT2D eigenvalue weighted by Crippen LogP contribution is 2.22. The molecule has 1 aliphatic rings. The van der Waals surface area contributed by atoms with Crippen molar-refractivity contribution >= 4 is 37.5 Å². The molecule has 3 rings (SSSR count). The minimum absolute atomic E-state index is 0.0559. The van der Waals surface area contributed by atoms with Gasteiger partial charge in [-0.05, 0) is 61.4 Å². The normalized spacial score (nSPS) is 14.5. The first-order valence-electron chi connectivity index (χ1n) is 7.13. The summed E-state index contributed by atoms with van der Waals surface area (Å²) in [5.74, 6) is -0.286. The molecule has 1 fully saturated rings. The van der Waals surface area contributed by atoms with Crippen molar-refractivity contribution in [1.82, 2.24) is 4.72 Å². The summed E-state index contributed by atoms with van der Waals surface area (Å²) in [6.07, 6.45) is 1.76. The van der Waals surface area contributed by atoms with Crippen LogP contribution in [0.5, 0.6) is 0 Å². The van der Waals surface area contributed by atoms with E-state index in [9.17, 15) is 13.2 Å². The molecule has 120 valence electrons. The number of hydrogen-bond acceptors (Lipinski definition) is 3. The van der Waals surface area contributed by atoms with Gasteiger partial charge in [0.1, 0.15) is 0 Å². The van der Waals surface area contributed by atoms with Gasteiger partial charge in [0.05, 0.1) is 4.90 Å². The lowest BCUT2D eigenvalue weighted by Gasteiger charge is -2.08. The second kappa shape index (κ2) is 6.43. The van der Waals surface area contributed by atoms with Gasteiger partial charge < -0.3 is 5.32 Å². The second-order valence-electron chi connectivity index (χ2n) is 5.38. The van der Waals surface area contributed by atoms with Crippen LogP contribution < -0.4 is 10.0 Å². The third kappa shape index (κ3) is 4.19. The minimum Gasteiger partial charge on any atom is -0.322 e. The quantitative estimate of drug-likeness (QED) is 0.817. The Morgan fingerprint density at radius 2 is 1.61 bits per heavy atom. The summed E-state index contributed by atoms with van der Waals surface area (Å²) in [4.78, 5) is 12.3. The standard InChI is InChI=1S/C16H15BrN2O3S/c17-12-3-5-13(6-4-12)18-16(20)11-1-9-15(10-2-11)23(21,22)19-14-7-8-14/h1-6,9-10,14,19H,7-8H2,(H,18,20). The van der Waals surface area contributed by atoms with Gasteiger partial charge in [0.15, 0.2) is 0 Å². The number of sulfonamides is 1. The van der Waals surface area contributed by atoms with Crippen LogP contribution in [-0.4, -0.2) is 20.4 Å². The van der Waals surface area contributed by atoms with Crippen molar-refractivity contribution in [3.63, 3.8) is 0 Å². The molecule has 0 unspecified atom stereocenters. The van der Waals surface area contributed by atoms with E-state index < -0.39 is 10.0 Å². The fourth-order valence-electron chi connectivity index (χ4n) is 2.01. The summed E-state index contributed by atoms with van der Waals surface area (Å²) >= 11 is 3.33. The SMILES string of the molecule is O=C(Nc1ccc(Br)cc1)c1ccc(S(=O)(=O)NC2CC2)cc1. The monoisotopic (exact) mass is 394 g/mol. The number of nitrogens with one attached hydrogen (secondary N) is 2. The summed E-state index contributed by atoms with van der Waals surface area (Å²) in [5, 5.41) is 2.76. The first-order valence-corrected chi connectivity index (χ1v) is 9.41. The Labute approximate surface area is 143 Å². The first kappa shape index (κ1) is 16.2. The zero-order chi connectivity index (χ0) is 16.4. The zero-order valence-electron chi connectivity index (χ0n) is 12.1. The van der Waals surface area contributed by atoms with Gasteiger partial charge >= 0.3 is 0 Å². The highest BCUT2D eigenvalue weighted by atomic mass is 79.9. The summed E-state index contributed by atoms with van der Waals surface area (Å²) in [6.45, 7) is 0. The largest absolute Gasteiger partial charge is 0.322 e. The lowest BCUT2D eigenvalue weighted by atomic mass is 10.2. The second-order valence-corrected chi connectivity index (χ2v) is 8.01. The number of benzene rings is 2. The fourth-order valence-corrected chi connectivity index (χ4v) is 3.58. The number of halogens is 1. The van der Waals surface area contributed by atoms with E-state index in [-0.39, 0.29) is 16.8 Å². The molecule has 2 aromatic rings. The van der Waals surface area contributed by atoms with E-state index in [1.54, 1.807) is 12.1 Å². The summed E-state index contributed by atoms with van der Waals surface area (Å²) in [6, 6.07) is 13.2. The molecule has 0 aliphatic heterocycles. The molecule has 7 heteroatoms. The predicted molar refractivity (Wildman–Crippen MR) is 91.9 cm³/mol. The van der Waals surface area contributed by atoms with Gasteiger partial charge in [-0.2, -0.15) is 0 Å². The third-order valence-electron chi connectivity index (χ3n) is 3.43. The summed E-state index contributed by atoms with van der Waals surface area (Å²) < 4.78 is 27.7. The van der Waals surface area contributed by atoms with E-state index >= 15 is 0 Å². The molecule has 2 aromatic carbocycles. The van der Waals surface area contributed by atoms with Gasteiger partial charge in [-0.15, -0.1) is 0 Å². The number of carbonyl (C=O) groups excluding carboxylic acids is 1.